The number of phenols is 1. The second-order valence-electron chi connectivity index (χ2n) is 4.97. The molecule has 5 heteroatoms. The molecular formula is C16H13FN2O2. The van der Waals surface area contributed by atoms with E-state index in [2.05, 4.69) is 5.32 Å². The lowest BCUT2D eigenvalue weighted by Gasteiger charge is -2.16. The summed E-state index contributed by atoms with van der Waals surface area (Å²) in [5.74, 6) is 0.339. The summed E-state index contributed by atoms with van der Waals surface area (Å²) in [4.78, 5) is 0. The predicted molar refractivity (Wildman–Crippen MR) is 75.8 cm³/mol. The molecule has 0 bridgehead atoms. The molecule has 0 radical (unpaired) electrons. The lowest BCUT2D eigenvalue weighted by molar-refractivity contribution is 0.338. The monoisotopic (exact) mass is 284 g/mol. The Labute approximate surface area is 121 Å². The highest BCUT2D eigenvalue weighted by atomic mass is 19.1. The highest BCUT2D eigenvalue weighted by Crippen LogP contribution is 2.37. The fourth-order valence-corrected chi connectivity index (χ4v) is 2.40. The Bertz CT molecular complexity index is 753. The van der Waals surface area contributed by atoms with Gasteiger partial charge in [-0.25, -0.2) is 4.39 Å². The van der Waals surface area contributed by atoms with E-state index in [1.807, 2.05) is 6.07 Å². The van der Waals surface area contributed by atoms with Crippen LogP contribution in [0.2, 0.25) is 0 Å². The van der Waals surface area contributed by atoms with E-state index in [1.165, 1.54) is 6.07 Å². The van der Waals surface area contributed by atoms with Crippen molar-refractivity contribution >= 4 is 5.69 Å². The Morgan fingerprint density at radius 1 is 1.38 bits per heavy atom. The molecule has 1 heterocycles. The Kier molecular flexibility index (Phi) is 3.15. The van der Waals surface area contributed by atoms with Crippen LogP contribution in [0.15, 0.2) is 30.3 Å². The van der Waals surface area contributed by atoms with Crippen molar-refractivity contribution in [2.24, 2.45) is 0 Å². The normalized spacial score (nSPS) is 16.0. The maximum atomic E-state index is 13.8. The third kappa shape index (κ3) is 2.36. The number of halogens is 1. The van der Waals surface area contributed by atoms with E-state index in [-0.39, 0.29) is 17.4 Å². The van der Waals surface area contributed by atoms with Crippen molar-refractivity contribution in [3.63, 3.8) is 0 Å². The Hall–Kier alpha value is -2.74. The second kappa shape index (κ2) is 4.98. The molecule has 2 aromatic carbocycles. The van der Waals surface area contributed by atoms with Crippen LogP contribution >= 0.6 is 0 Å². The highest BCUT2D eigenvalue weighted by Gasteiger charge is 2.25. The summed E-state index contributed by atoms with van der Waals surface area (Å²) in [6.07, 6.45) is 0. The van der Waals surface area contributed by atoms with Crippen LogP contribution in [-0.4, -0.2) is 11.7 Å². The molecule has 0 amide bonds. The number of nitrogens with one attached hydrogen (secondary N) is 1. The van der Waals surface area contributed by atoms with E-state index >= 15 is 0 Å². The minimum absolute atomic E-state index is 0.142. The minimum atomic E-state index is -0.415. The quantitative estimate of drug-likeness (QED) is 0.888. The summed E-state index contributed by atoms with van der Waals surface area (Å²) in [6, 6.07) is 9.55. The van der Waals surface area contributed by atoms with Crippen molar-refractivity contribution < 1.29 is 14.2 Å². The van der Waals surface area contributed by atoms with Gasteiger partial charge in [0.2, 0.25) is 0 Å². The van der Waals surface area contributed by atoms with Gasteiger partial charge in [-0.15, -0.1) is 0 Å². The molecule has 0 aromatic heterocycles. The number of aromatic hydroxyl groups is 1. The van der Waals surface area contributed by atoms with Crippen molar-refractivity contribution in [1.29, 1.82) is 5.26 Å². The van der Waals surface area contributed by atoms with Gasteiger partial charge >= 0.3 is 0 Å². The van der Waals surface area contributed by atoms with Gasteiger partial charge in [0.15, 0.2) is 0 Å². The third-order valence-corrected chi connectivity index (χ3v) is 3.58. The van der Waals surface area contributed by atoms with Crippen molar-refractivity contribution in [2.45, 2.75) is 13.0 Å². The number of nitrogens with zero attached hydrogens (tertiary/aromatic N) is 1. The molecule has 1 unspecified atom stereocenters. The van der Waals surface area contributed by atoms with Crippen LogP contribution in [0, 0.1) is 24.1 Å². The molecule has 4 nitrogen and oxygen atoms in total. The Balaban J connectivity index is 1.93. The zero-order valence-corrected chi connectivity index (χ0v) is 11.4. The van der Waals surface area contributed by atoms with Crippen molar-refractivity contribution in [2.75, 3.05) is 11.9 Å². The standard InChI is InChI=1S/C16H13FN2O2/c1-9-13(17)4-10(7-18)5-14(9)19-15-8-21-16-6-11(20)2-3-12(15)16/h2-6,15,19-20H,8H2,1H3. The highest BCUT2D eigenvalue weighted by molar-refractivity contribution is 5.58. The first-order valence-corrected chi connectivity index (χ1v) is 6.51. The summed E-state index contributed by atoms with van der Waals surface area (Å²) < 4.78 is 19.3. The first-order valence-electron chi connectivity index (χ1n) is 6.51. The Morgan fingerprint density at radius 3 is 2.95 bits per heavy atom. The molecule has 21 heavy (non-hydrogen) atoms. The fraction of sp³-hybridized carbons (Fsp3) is 0.188. The average molecular weight is 284 g/mol. The summed E-state index contributed by atoms with van der Waals surface area (Å²) in [5, 5.41) is 21.6. The number of nitriles is 1. The van der Waals surface area contributed by atoms with Crippen LogP contribution in [-0.2, 0) is 0 Å². The summed E-state index contributed by atoms with van der Waals surface area (Å²) >= 11 is 0. The number of benzene rings is 2. The van der Waals surface area contributed by atoms with Gasteiger partial charge in [0.25, 0.3) is 0 Å². The first-order chi connectivity index (χ1) is 10.1. The molecule has 0 spiro atoms. The van der Waals surface area contributed by atoms with Gasteiger partial charge in [-0.1, -0.05) is 0 Å². The molecule has 3 rings (SSSR count). The van der Waals surface area contributed by atoms with Crippen molar-refractivity contribution in [1.82, 2.24) is 0 Å². The number of hydrogen-bond donors (Lipinski definition) is 2. The zero-order valence-electron chi connectivity index (χ0n) is 11.4. The van der Waals surface area contributed by atoms with Gasteiger partial charge in [-0.3, -0.25) is 0 Å². The van der Waals surface area contributed by atoms with E-state index in [1.54, 1.807) is 31.2 Å². The van der Waals surface area contributed by atoms with E-state index < -0.39 is 5.82 Å². The largest absolute Gasteiger partial charge is 0.508 e. The average Bonchev–Trinajstić information content (AvgIpc) is 2.85. The first kappa shape index (κ1) is 13.3. The minimum Gasteiger partial charge on any atom is -0.508 e. The summed E-state index contributed by atoms with van der Waals surface area (Å²) in [6.45, 7) is 2.04. The van der Waals surface area contributed by atoms with Gasteiger partial charge in [-0.05, 0) is 31.2 Å². The third-order valence-electron chi connectivity index (χ3n) is 3.58. The summed E-state index contributed by atoms with van der Waals surface area (Å²) in [7, 11) is 0. The SMILES string of the molecule is Cc1c(F)cc(C#N)cc1NC1COc2cc(O)ccc21. The molecule has 1 aliphatic rings. The van der Waals surface area contributed by atoms with Gasteiger partial charge in [0.05, 0.1) is 17.7 Å². The molecule has 0 aliphatic carbocycles. The molecule has 2 aromatic rings. The van der Waals surface area contributed by atoms with Crippen LogP contribution in [0.4, 0.5) is 10.1 Å². The number of fused-ring (bicyclic) bond motifs is 1. The van der Waals surface area contributed by atoms with Crippen LogP contribution in [0.3, 0.4) is 0 Å². The predicted octanol–water partition coefficient (Wildman–Crippen LogP) is 3.26. The molecule has 106 valence electrons. The Morgan fingerprint density at radius 2 is 2.19 bits per heavy atom. The number of phenolic OH excluding ortho intramolecular Hbond substituents is 1. The molecule has 1 aliphatic heterocycles. The molecular weight excluding hydrogens is 271 g/mol. The lowest BCUT2D eigenvalue weighted by atomic mass is 10.1. The van der Waals surface area contributed by atoms with E-state index in [0.29, 0.717) is 23.6 Å². The maximum absolute atomic E-state index is 13.8. The molecule has 0 saturated heterocycles. The van der Waals surface area contributed by atoms with Crippen LogP contribution in [0.5, 0.6) is 11.5 Å². The second-order valence-corrected chi connectivity index (χ2v) is 4.97. The van der Waals surface area contributed by atoms with E-state index in [0.717, 1.165) is 5.56 Å². The van der Waals surface area contributed by atoms with Gasteiger partial charge in [0, 0.05) is 22.9 Å². The number of hydrogen-bond acceptors (Lipinski definition) is 4. The molecule has 2 N–H and O–H groups in total. The number of anilines is 1. The van der Waals surface area contributed by atoms with Crippen LogP contribution in [0.25, 0.3) is 0 Å². The van der Waals surface area contributed by atoms with Crippen LogP contribution in [0.1, 0.15) is 22.7 Å². The van der Waals surface area contributed by atoms with Crippen molar-refractivity contribution in [3.8, 4) is 17.6 Å². The molecule has 0 fully saturated rings. The van der Waals surface area contributed by atoms with Gasteiger partial charge in [-0.2, -0.15) is 5.26 Å². The number of rotatable bonds is 2. The maximum Gasteiger partial charge on any atom is 0.129 e. The molecule has 0 saturated carbocycles. The number of ether oxygens (including phenoxy) is 1. The lowest BCUT2D eigenvalue weighted by Crippen LogP contribution is -2.13. The van der Waals surface area contributed by atoms with Crippen LogP contribution < -0.4 is 10.1 Å². The van der Waals surface area contributed by atoms with E-state index in [9.17, 15) is 9.50 Å². The van der Waals surface area contributed by atoms with E-state index in [4.69, 9.17) is 10.00 Å². The smallest absolute Gasteiger partial charge is 0.129 e. The fourth-order valence-electron chi connectivity index (χ4n) is 2.40. The van der Waals surface area contributed by atoms with Crippen molar-refractivity contribution in [3.05, 3.63) is 52.8 Å². The molecule has 1 atom stereocenters. The van der Waals surface area contributed by atoms with Gasteiger partial charge in [0.1, 0.15) is 23.9 Å². The zero-order chi connectivity index (χ0) is 15.0. The topological polar surface area (TPSA) is 65.3 Å². The summed E-state index contributed by atoms with van der Waals surface area (Å²) in [5.41, 5.74) is 2.20. The van der Waals surface area contributed by atoms with Gasteiger partial charge < -0.3 is 15.2 Å².